The lowest BCUT2D eigenvalue weighted by Gasteiger charge is -2.26. The molecule has 1 aliphatic carbocycles. The van der Waals surface area contributed by atoms with Gasteiger partial charge in [0.2, 0.25) is 0 Å². The SMILES string of the molecule is Nc1cccnc1CNC1CCC1. The van der Waals surface area contributed by atoms with Crippen LogP contribution in [0.1, 0.15) is 25.0 Å². The number of hydrogen-bond donors (Lipinski definition) is 2. The van der Waals surface area contributed by atoms with Gasteiger partial charge in [-0.25, -0.2) is 0 Å². The van der Waals surface area contributed by atoms with Crippen LogP contribution >= 0.6 is 0 Å². The number of nitrogen functional groups attached to an aromatic ring is 1. The van der Waals surface area contributed by atoms with Crippen molar-refractivity contribution in [2.24, 2.45) is 0 Å². The largest absolute Gasteiger partial charge is 0.397 e. The van der Waals surface area contributed by atoms with Crippen molar-refractivity contribution in [1.82, 2.24) is 10.3 Å². The fourth-order valence-electron chi connectivity index (χ4n) is 1.45. The molecule has 0 aliphatic heterocycles. The smallest absolute Gasteiger partial charge is 0.0770 e. The molecule has 1 heterocycles. The summed E-state index contributed by atoms with van der Waals surface area (Å²) < 4.78 is 0. The van der Waals surface area contributed by atoms with E-state index in [1.165, 1.54) is 19.3 Å². The minimum Gasteiger partial charge on any atom is -0.397 e. The molecule has 0 radical (unpaired) electrons. The van der Waals surface area contributed by atoms with E-state index in [1.54, 1.807) is 6.20 Å². The van der Waals surface area contributed by atoms with Crippen LogP contribution in [0.25, 0.3) is 0 Å². The summed E-state index contributed by atoms with van der Waals surface area (Å²) in [6, 6.07) is 4.45. The van der Waals surface area contributed by atoms with E-state index in [-0.39, 0.29) is 0 Å². The first-order valence-electron chi connectivity index (χ1n) is 4.79. The molecule has 3 nitrogen and oxygen atoms in total. The predicted molar refractivity (Wildman–Crippen MR) is 53.1 cm³/mol. The van der Waals surface area contributed by atoms with Gasteiger partial charge < -0.3 is 11.1 Å². The average molecular weight is 177 g/mol. The van der Waals surface area contributed by atoms with Gasteiger partial charge in [-0.1, -0.05) is 6.42 Å². The third kappa shape index (κ3) is 1.98. The lowest BCUT2D eigenvalue weighted by molar-refractivity contribution is 0.337. The van der Waals surface area contributed by atoms with Gasteiger partial charge >= 0.3 is 0 Å². The monoisotopic (exact) mass is 177 g/mol. The molecule has 13 heavy (non-hydrogen) atoms. The van der Waals surface area contributed by atoms with Crippen LogP contribution in [-0.2, 0) is 6.54 Å². The van der Waals surface area contributed by atoms with Crippen LogP contribution in [0, 0.1) is 0 Å². The van der Waals surface area contributed by atoms with Crippen molar-refractivity contribution in [3.8, 4) is 0 Å². The summed E-state index contributed by atoms with van der Waals surface area (Å²) >= 11 is 0. The van der Waals surface area contributed by atoms with Gasteiger partial charge in [-0.2, -0.15) is 0 Å². The fraction of sp³-hybridized carbons (Fsp3) is 0.500. The molecule has 3 N–H and O–H groups in total. The Hall–Kier alpha value is -1.09. The molecule has 70 valence electrons. The second-order valence-corrected chi connectivity index (χ2v) is 3.55. The van der Waals surface area contributed by atoms with Crippen molar-refractivity contribution in [1.29, 1.82) is 0 Å². The van der Waals surface area contributed by atoms with E-state index in [1.807, 2.05) is 12.1 Å². The highest BCUT2D eigenvalue weighted by Gasteiger charge is 2.16. The zero-order valence-electron chi connectivity index (χ0n) is 7.66. The molecule has 1 aromatic rings. The molecule has 0 atom stereocenters. The molecular weight excluding hydrogens is 162 g/mol. The molecule has 0 amide bonds. The fourth-order valence-corrected chi connectivity index (χ4v) is 1.45. The molecule has 0 spiro atoms. The number of pyridine rings is 1. The highest BCUT2D eigenvalue weighted by Crippen LogP contribution is 2.18. The van der Waals surface area contributed by atoms with E-state index in [9.17, 15) is 0 Å². The van der Waals surface area contributed by atoms with Crippen molar-refractivity contribution in [3.63, 3.8) is 0 Å². The summed E-state index contributed by atoms with van der Waals surface area (Å²) in [4.78, 5) is 4.22. The van der Waals surface area contributed by atoms with Crippen molar-refractivity contribution in [2.75, 3.05) is 5.73 Å². The van der Waals surface area contributed by atoms with Crippen molar-refractivity contribution >= 4 is 5.69 Å². The minimum absolute atomic E-state index is 0.696. The molecule has 3 heteroatoms. The van der Waals surface area contributed by atoms with Crippen molar-refractivity contribution in [3.05, 3.63) is 24.0 Å². The summed E-state index contributed by atoms with van der Waals surface area (Å²) in [6.45, 7) is 0.803. The van der Waals surface area contributed by atoms with Crippen molar-refractivity contribution in [2.45, 2.75) is 31.8 Å². The van der Waals surface area contributed by atoms with Gasteiger partial charge in [-0.3, -0.25) is 4.98 Å². The van der Waals surface area contributed by atoms with Crippen LogP contribution in [0.4, 0.5) is 5.69 Å². The van der Waals surface area contributed by atoms with E-state index in [0.29, 0.717) is 6.04 Å². The summed E-state index contributed by atoms with van der Waals surface area (Å²) in [7, 11) is 0. The van der Waals surface area contributed by atoms with Gasteiger partial charge in [0.25, 0.3) is 0 Å². The topological polar surface area (TPSA) is 50.9 Å². The first-order chi connectivity index (χ1) is 6.36. The molecular formula is C10H15N3. The number of anilines is 1. The lowest BCUT2D eigenvalue weighted by atomic mass is 9.93. The Labute approximate surface area is 78.4 Å². The number of nitrogens with two attached hydrogens (primary N) is 1. The molecule has 0 aromatic carbocycles. The summed E-state index contributed by atoms with van der Waals surface area (Å²) in [5, 5.41) is 3.43. The van der Waals surface area contributed by atoms with Crippen LogP contribution in [0.3, 0.4) is 0 Å². The van der Waals surface area contributed by atoms with Crippen LogP contribution in [0.2, 0.25) is 0 Å². The molecule has 0 saturated heterocycles. The van der Waals surface area contributed by atoms with Crippen LogP contribution in [0.5, 0.6) is 0 Å². The third-order valence-electron chi connectivity index (χ3n) is 2.59. The van der Waals surface area contributed by atoms with E-state index < -0.39 is 0 Å². The van der Waals surface area contributed by atoms with Gasteiger partial charge in [0, 0.05) is 18.8 Å². The number of nitrogens with zero attached hydrogens (tertiary/aromatic N) is 1. The van der Waals surface area contributed by atoms with E-state index in [4.69, 9.17) is 5.73 Å². The zero-order chi connectivity index (χ0) is 9.10. The Balaban J connectivity index is 1.89. The number of nitrogens with one attached hydrogen (secondary N) is 1. The predicted octanol–water partition coefficient (Wildman–Crippen LogP) is 1.31. The first kappa shape index (κ1) is 8.51. The highest BCUT2D eigenvalue weighted by molar-refractivity contribution is 5.41. The summed E-state index contributed by atoms with van der Waals surface area (Å²) in [5.41, 5.74) is 7.52. The van der Waals surface area contributed by atoms with Gasteiger partial charge in [0.05, 0.1) is 11.4 Å². The Morgan fingerprint density at radius 3 is 3.00 bits per heavy atom. The normalized spacial score (nSPS) is 16.9. The van der Waals surface area contributed by atoms with Crippen LogP contribution in [-0.4, -0.2) is 11.0 Å². The number of rotatable bonds is 3. The standard InChI is InChI=1S/C10H15N3/c11-9-5-2-6-12-10(9)7-13-8-3-1-4-8/h2,5-6,8,13H,1,3-4,7,11H2. The van der Waals surface area contributed by atoms with Gasteiger partial charge in [-0.05, 0) is 25.0 Å². The van der Waals surface area contributed by atoms with E-state index in [2.05, 4.69) is 10.3 Å². The first-order valence-corrected chi connectivity index (χ1v) is 4.79. The maximum absolute atomic E-state index is 5.76. The van der Waals surface area contributed by atoms with Gasteiger partial charge in [0.1, 0.15) is 0 Å². The van der Waals surface area contributed by atoms with Gasteiger partial charge in [0.15, 0.2) is 0 Å². The summed E-state index contributed by atoms with van der Waals surface area (Å²) in [5.74, 6) is 0. The van der Waals surface area contributed by atoms with E-state index >= 15 is 0 Å². The second kappa shape index (κ2) is 3.75. The van der Waals surface area contributed by atoms with Crippen LogP contribution < -0.4 is 11.1 Å². The summed E-state index contributed by atoms with van der Waals surface area (Å²) in [6.07, 6.45) is 5.74. The molecule has 0 unspecified atom stereocenters. The molecule has 2 rings (SSSR count). The van der Waals surface area contributed by atoms with Gasteiger partial charge in [-0.15, -0.1) is 0 Å². The number of hydrogen-bond acceptors (Lipinski definition) is 3. The quantitative estimate of drug-likeness (QED) is 0.731. The Bertz CT molecular complexity index is 281. The zero-order valence-corrected chi connectivity index (χ0v) is 7.66. The second-order valence-electron chi connectivity index (χ2n) is 3.55. The molecule has 1 aliphatic rings. The van der Waals surface area contributed by atoms with E-state index in [0.717, 1.165) is 17.9 Å². The minimum atomic E-state index is 0.696. The van der Waals surface area contributed by atoms with Crippen molar-refractivity contribution < 1.29 is 0 Å². The molecule has 1 saturated carbocycles. The molecule has 1 fully saturated rings. The highest BCUT2D eigenvalue weighted by atomic mass is 14.9. The number of aromatic nitrogens is 1. The third-order valence-corrected chi connectivity index (χ3v) is 2.59. The van der Waals surface area contributed by atoms with Crippen LogP contribution in [0.15, 0.2) is 18.3 Å². The Morgan fingerprint density at radius 2 is 2.38 bits per heavy atom. The lowest BCUT2D eigenvalue weighted by Crippen LogP contribution is -2.34. The maximum atomic E-state index is 5.76. The molecule has 0 bridgehead atoms. The Morgan fingerprint density at radius 1 is 1.54 bits per heavy atom. The average Bonchev–Trinajstić information content (AvgIpc) is 2.05. The maximum Gasteiger partial charge on any atom is 0.0770 e. The Kier molecular flexibility index (Phi) is 2.45. The molecule has 1 aromatic heterocycles.